The van der Waals surface area contributed by atoms with Crippen molar-refractivity contribution in [2.45, 2.75) is 37.0 Å². The third-order valence-corrected chi connectivity index (χ3v) is 4.98. The van der Waals surface area contributed by atoms with Gasteiger partial charge in [0.2, 0.25) is 0 Å². The largest absolute Gasteiger partial charge is 0.390 e. The van der Waals surface area contributed by atoms with Crippen LogP contribution in [0.5, 0.6) is 0 Å². The predicted molar refractivity (Wildman–Crippen MR) is 77.4 cm³/mol. The third kappa shape index (κ3) is 2.61. The summed E-state index contributed by atoms with van der Waals surface area (Å²) in [7, 11) is 0. The van der Waals surface area contributed by atoms with Gasteiger partial charge in [0.1, 0.15) is 17.6 Å². The second-order valence-corrected chi connectivity index (χ2v) is 6.24. The summed E-state index contributed by atoms with van der Waals surface area (Å²) in [6.07, 6.45) is 0.520. The maximum atomic E-state index is 10.5. The predicted octanol–water partition coefficient (Wildman–Crippen LogP) is 2.19. The Hall–Kier alpha value is -0.590. The molecule has 1 N–H and O–H groups in total. The molecule has 1 aromatic carbocycles. The van der Waals surface area contributed by atoms with Gasteiger partial charge in [-0.15, -0.1) is 11.8 Å². The molecule has 5 heteroatoms. The SMILES string of the molecule is CS[C@@H]1OC2COC(c3ccccc3)O[C@H]2C(O)[C@@H]1C. The van der Waals surface area contributed by atoms with Crippen LogP contribution in [0, 0.1) is 5.92 Å². The van der Waals surface area contributed by atoms with Gasteiger partial charge < -0.3 is 19.3 Å². The van der Waals surface area contributed by atoms with Gasteiger partial charge in [-0.2, -0.15) is 0 Å². The first-order chi connectivity index (χ1) is 9.70. The molecule has 4 nitrogen and oxygen atoms in total. The Labute approximate surface area is 123 Å². The first kappa shape index (κ1) is 14.4. The van der Waals surface area contributed by atoms with Crippen molar-refractivity contribution in [2.24, 2.45) is 5.92 Å². The number of hydrogen-bond donors (Lipinski definition) is 1. The standard InChI is InChI=1S/C15H20O4S/c1-9-12(16)13-11(18-15(9)20-2)8-17-14(19-13)10-6-4-3-5-7-10/h3-7,9,11-16H,8H2,1-2H3/t9-,11?,12?,13+,14?,15-/m0/s1. The van der Waals surface area contributed by atoms with E-state index in [1.807, 2.05) is 43.5 Å². The van der Waals surface area contributed by atoms with Crippen molar-refractivity contribution >= 4 is 11.8 Å². The van der Waals surface area contributed by atoms with Crippen LogP contribution < -0.4 is 0 Å². The summed E-state index contributed by atoms with van der Waals surface area (Å²) in [6, 6.07) is 9.80. The normalized spacial score (nSPS) is 41.1. The van der Waals surface area contributed by atoms with E-state index in [4.69, 9.17) is 14.2 Å². The monoisotopic (exact) mass is 296 g/mol. The van der Waals surface area contributed by atoms with Crippen molar-refractivity contribution in [3.05, 3.63) is 35.9 Å². The highest BCUT2D eigenvalue weighted by Gasteiger charge is 2.47. The fourth-order valence-electron chi connectivity index (χ4n) is 2.78. The van der Waals surface area contributed by atoms with Crippen molar-refractivity contribution in [2.75, 3.05) is 12.9 Å². The van der Waals surface area contributed by atoms with Crippen LogP contribution in [0.15, 0.2) is 30.3 Å². The molecule has 1 aromatic rings. The zero-order valence-corrected chi connectivity index (χ0v) is 12.5. The molecule has 3 rings (SSSR count). The number of rotatable bonds is 2. The molecule has 0 aliphatic carbocycles. The fraction of sp³-hybridized carbons (Fsp3) is 0.600. The van der Waals surface area contributed by atoms with Gasteiger partial charge in [-0.1, -0.05) is 37.3 Å². The zero-order valence-electron chi connectivity index (χ0n) is 11.6. The van der Waals surface area contributed by atoms with Crippen molar-refractivity contribution in [3.8, 4) is 0 Å². The molecule has 2 aliphatic rings. The van der Waals surface area contributed by atoms with E-state index in [2.05, 4.69) is 0 Å². The van der Waals surface area contributed by atoms with Crippen molar-refractivity contribution in [3.63, 3.8) is 0 Å². The highest BCUT2D eigenvalue weighted by Crippen LogP contribution is 2.38. The van der Waals surface area contributed by atoms with Gasteiger partial charge in [-0.25, -0.2) is 0 Å². The molecule has 0 radical (unpaired) electrons. The fourth-order valence-corrected chi connectivity index (χ4v) is 3.62. The third-order valence-electron chi connectivity index (χ3n) is 3.98. The average molecular weight is 296 g/mol. The van der Waals surface area contributed by atoms with E-state index < -0.39 is 12.4 Å². The van der Waals surface area contributed by atoms with Crippen LogP contribution in [0.4, 0.5) is 0 Å². The van der Waals surface area contributed by atoms with Gasteiger partial charge in [0, 0.05) is 11.5 Å². The second-order valence-electron chi connectivity index (χ2n) is 5.30. The molecule has 0 bridgehead atoms. The molecule has 2 fully saturated rings. The number of hydrogen-bond acceptors (Lipinski definition) is 5. The first-order valence-corrected chi connectivity index (χ1v) is 8.18. The molecule has 110 valence electrons. The number of aliphatic hydroxyl groups excluding tert-OH is 1. The van der Waals surface area contributed by atoms with Gasteiger partial charge in [-0.3, -0.25) is 0 Å². The molecule has 0 amide bonds. The Morgan fingerprint density at radius 1 is 1.20 bits per heavy atom. The minimum atomic E-state index is -0.527. The summed E-state index contributed by atoms with van der Waals surface area (Å²) < 4.78 is 17.6. The lowest BCUT2D eigenvalue weighted by atomic mass is 9.93. The van der Waals surface area contributed by atoms with Crippen molar-refractivity contribution in [1.29, 1.82) is 0 Å². The number of ether oxygens (including phenoxy) is 3. The van der Waals surface area contributed by atoms with Gasteiger partial charge in [0.15, 0.2) is 6.29 Å². The summed E-state index contributed by atoms with van der Waals surface area (Å²) in [5.41, 5.74) is 0.963. The molecule has 0 aromatic heterocycles. The lowest BCUT2D eigenvalue weighted by Gasteiger charge is -2.46. The van der Waals surface area contributed by atoms with Gasteiger partial charge in [0.05, 0.1) is 12.7 Å². The van der Waals surface area contributed by atoms with E-state index in [1.165, 1.54) is 0 Å². The molecule has 0 saturated carbocycles. The molecule has 6 atom stereocenters. The Kier molecular flexibility index (Phi) is 4.33. The molecule has 3 unspecified atom stereocenters. The molecule has 0 spiro atoms. The van der Waals surface area contributed by atoms with E-state index in [-0.39, 0.29) is 23.6 Å². The topological polar surface area (TPSA) is 47.9 Å². The Morgan fingerprint density at radius 3 is 2.65 bits per heavy atom. The van der Waals surface area contributed by atoms with E-state index in [9.17, 15) is 5.11 Å². The van der Waals surface area contributed by atoms with Gasteiger partial charge in [0.25, 0.3) is 0 Å². The summed E-state index contributed by atoms with van der Waals surface area (Å²) in [4.78, 5) is 0. The van der Waals surface area contributed by atoms with Crippen LogP contribution in [-0.4, -0.2) is 41.7 Å². The van der Waals surface area contributed by atoms with E-state index >= 15 is 0 Å². The molecular formula is C15H20O4S. The van der Waals surface area contributed by atoms with Crippen molar-refractivity contribution in [1.82, 2.24) is 0 Å². The number of fused-ring (bicyclic) bond motifs is 1. The second kappa shape index (κ2) is 6.03. The minimum Gasteiger partial charge on any atom is -0.390 e. The molecular weight excluding hydrogens is 276 g/mol. The van der Waals surface area contributed by atoms with Crippen LogP contribution in [0.3, 0.4) is 0 Å². The first-order valence-electron chi connectivity index (χ1n) is 6.89. The molecule has 2 aliphatic heterocycles. The smallest absolute Gasteiger partial charge is 0.184 e. The van der Waals surface area contributed by atoms with Crippen LogP contribution in [0.2, 0.25) is 0 Å². The molecule has 2 heterocycles. The van der Waals surface area contributed by atoms with Crippen LogP contribution in [0.25, 0.3) is 0 Å². The van der Waals surface area contributed by atoms with Gasteiger partial charge >= 0.3 is 0 Å². The maximum Gasteiger partial charge on any atom is 0.184 e. The highest BCUT2D eigenvalue weighted by atomic mass is 32.2. The Bertz CT molecular complexity index is 439. The number of thioether (sulfide) groups is 1. The van der Waals surface area contributed by atoms with E-state index in [1.54, 1.807) is 11.8 Å². The van der Waals surface area contributed by atoms with Crippen molar-refractivity contribution < 1.29 is 19.3 Å². The van der Waals surface area contributed by atoms with Crippen LogP contribution in [-0.2, 0) is 14.2 Å². The lowest BCUT2D eigenvalue weighted by Crippen LogP contribution is -2.57. The summed E-state index contributed by atoms with van der Waals surface area (Å²) >= 11 is 1.62. The maximum absolute atomic E-state index is 10.5. The quantitative estimate of drug-likeness (QED) is 0.906. The van der Waals surface area contributed by atoms with Crippen LogP contribution >= 0.6 is 11.8 Å². The van der Waals surface area contributed by atoms with Gasteiger partial charge in [-0.05, 0) is 6.26 Å². The Balaban J connectivity index is 1.74. The molecule has 20 heavy (non-hydrogen) atoms. The summed E-state index contributed by atoms with van der Waals surface area (Å²) in [5, 5.41) is 10.5. The summed E-state index contributed by atoms with van der Waals surface area (Å²) in [5.74, 6) is 0.0424. The summed E-state index contributed by atoms with van der Waals surface area (Å²) in [6.45, 7) is 2.45. The zero-order chi connectivity index (χ0) is 14.1. The number of benzene rings is 1. The van der Waals surface area contributed by atoms with Crippen LogP contribution in [0.1, 0.15) is 18.8 Å². The van der Waals surface area contributed by atoms with E-state index in [0.29, 0.717) is 6.61 Å². The number of aliphatic hydroxyl groups is 1. The minimum absolute atomic E-state index is 0.00766. The molecule has 2 saturated heterocycles. The Morgan fingerprint density at radius 2 is 1.95 bits per heavy atom. The van der Waals surface area contributed by atoms with E-state index in [0.717, 1.165) is 5.56 Å². The highest BCUT2D eigenvalue weighted by molar-refractivity contribution is 7.99. The lowest BCUT2D eigenvalue weighted by molar-refractivity contribution is -0.311. The average Bonchev–Trinajstić information content (AvgIpc) is 2.51.